The lowest BCUT2D eigenvalue weighted by atomic mass is 10.1. The Morgan fingerprint density at radius 1 is 1.11 bits per heavy atom. The van der Waals surface area contributed by atoms with Crippen LogP contribution in [0, 0.1) is 0 Å². The van der Waals surface area contributed by atoms with Crippen LogP contribution < -0.4 is 0 Å². The summed E-state index contributed by atoms with van der Waals surface area (Å²) in [6.07, 6.45) is 7.62. The third kappa shape index (κ3) is 5.63. The van der Waals surface area contributed by atoms with E-state index in [9.17, 15) is 13.0 Å². The van der Waals surface area contributed by atoms with Gasteiger partial charge in [0.1, 0.15) is 4.90 Å². The van der Waals surface area contributed by atoms with E-state index < -0.39 is 10.1 Å². The van der Waals surface area contributed by atoms with Crippen molar-refractivity contribution in [3.63, 3.8) is 0 Å². The van der Waals surface area contributed by atoms with Crippen molar-refractivity contribution in [3.8, 4) is 0 Å². The quantitative estimate of drug-likeness (QED) is 0.551. The van der Waals surface area contributed by atoms with Crippen LogP contribution in [0.2, 0.25) is 0 Å². The van der Waals surface area contributed by atoms with Crippen molar-refractivity contribution in [1.29, 1.82) is 0 Å². The molecule has 0 aliphatic carbocycles. The normalized spacial score (nSPS) is 11.7. The molecule has 0 aromatic heterocycles. The van der Waals surface area contributed by atoms with Crippen molar-refractivity contribution < 1.29 is 13.0 Å². The molecule has 0 fully saturated rings. The van der Waals surface area contributed by atoms with Gasteiger partial charge in [-0.15, -0.1) is 0 Å². The maximum Gasteiger partial charge on any atom is 0.295 e. The Kier molecular flexibility index (Phi) is 7.04. The first-order valence-electron chi connectivity index (χ1n) is 6.71. The Labute approximate surface area is 124 Å². The topological polar surface area (TPSA) is 54.4 Å². The van der Waals surface area contributed by atoms with Crippen molar-refractivity contribution in [3.05, 3.63) is 28.2 Å². The van der Waals surface area contributed by atoms with Crippen LogP contribution in [0.1, 0.15) is 51.0 Å². The van der Waals surface area contributed by atoms with Crippen molar-refractivity contribution in [2.75, 3.05) is 0 Å². The molecule has 0 spiro atoms. The molecule has 0 saturated heterocycles. The Hall–Kier alpha value is -0.390. The van der Waals surface area contributed by atoms with Gasteiger partial charge in [-0.05, 0) is 40.4 Å². The van der Waals surface area contributed by atoms with Gasteiger partial charge >= 0.3 is 0 Å². The summed E-state index contributed by atoms with van der Waals surface area (Å²) >= 11 is 3.19. The Morgan fingerprint density at radius 3 is 2.37 bits per heavy atom. The molecule has 0 aliphatic heterocycles. The van der Waals surface area contributed by atoms with Crippen LogP contribution in [0.4, 0.5) is 0 Å². The second-order valence-corrected chi connectivity index (χ2v) is 6.93. The van der Waals surface area contributed by atoms with E-state index in [0.717, 1.165) is 12.8 Å². The summed E-state index contributed by atoms with van der Waals surface area (Å²) in [4.78, 5) is 0.0172. The highest BCUT2D eigenvalue weighted by Crippen LogP contribution is 2.26. The zero-order valence-corrected chi connectivity index (χ0v) is 13.6. The molecule has 0 heterocycles. The average Bonchev–Trinajstić information content (AvgIpc) is 2.32. The predicted octanol–water partition coefficient (Wildman–Crippen LogP) is 4.60. The summed E-state index contributed by atoms with van der Waals surface area (Å²) in [5.74, 6) is 0. The lowest BCUT2D eigenvalue weighted by Gasteiger charge is -2.09. The minimum absolute atomic E-state index is 0.0172. The van der Waals surface area contributed by atoms with Crippen molar-refractivity contribution in [2.45, 2.75) is 56.8 Å². The summed E-state index contributed by atoms with van der Waals surface area (Å²) < 4.78 is 32.4. The molecule has 5 heteroatoms. The van der Waals surface area contributed by atoms with Gasteiger partial charge in [-0.3, -0.25) is 4.55 Å². The van der Waals surface area contributed by atoms with Crippen LogP contribution in [0.5, 0.6) is 0 Å². The molecule has 0 bridgehead atoms. The summed E-state index contributed by atoms with van der Waals surface area (Å²) in [6, 6.07) is 5.19. The summed E-state index contributed by atoms with van der Waals surface area (Å²) in [5.41, 5.74) is 0.687. The first-order valence-corrected chi connectivity index (χ1v) is 8.95. The maximum atomic E-state index is 11.4. The smallest absolute Gasteiger partial charge is 0.282 e. The molecule has 0 saturated carbocycles. The van der Waals surface area contributed by atoms with Crippen LogP contribution >= 0.6 is 15.9 Å². The number of unbranched alkanes of at least 4 members (excludes halogenated alkanes) is 5. The lowest BCUT2D eigenvalue weighted by molar-refractivity contribution is 0.481. The van der Waals surface area contributed by atoms with Gasteiger partial charge in [0, 0.05) is 4.47 Å². The van der Waals surface area contributed by atoms with Crippen LogP contribution in [0.3, 0.4) is 0 Å². The Bertz CT molecular complexity index is 497. The van der Waals surface area contributed by atoms with Gasteiger partial charge in [0.05, 0.1) is 0 Å². The van der Waals surface area contributed by atoms with Crippen LogP contribution in [0.25, 0.3) is 0 Å². The van der Waals surface area contributed by atoms with E-state index in [-0.39, 0.29) is 4.90 Å². The minimum Gasteiger partial charge on any atom is -0.282 e. The monoisotopic (exact) mass is 348 g/mol. The van der Waals surface area contributed by atoms with E-state index in [1.165, 1.54) is 25.7 Å². The molecule has 0 amide bonds. The fourth-order valence-electron chi connectivity index (χ4n) is 2.14. The number of benzene rings is 1. The first-order chi connectivity index (χ1) is 8.96. The van der Waals surface area contributed by atoms with E-state index in [4.69, 9.17) is 0 Å². The van der Waals surface area contributed by atoms with Crippen LogP contribution in [0.15, 0.2) is 27.6 Å². The molecule has 1 rings (SSSR count). The second kappa shape index (κ2) is 8.02. The maximum absolute atomic E-state index is 11.4. The molecular weight excluding hydrogens is 328 g/mol. The van der Waals surface area contributed by atoms with E-state index in [1.54, 1.807) is 18.2 Å². The van der Waals surface area contributed by atoms with E-state index >= 15 is 0 Å². The van der Waals surface area contributed by atoms with Gasteiger partial charge in [-0.1, -0.05) is 51.2 Å². The predicted molar refractivity (Wildman–Crippen MR) is 81.0 cm³/mol. The van der Waals surface area contributed by atoms with Crippen molar-refractivity contribution >= 4 is 26.0 Å². The molecule has 0 atom stereocenters. The molecule has 1 aromatic rings. The summed E-state index contributed by atoms with van der Waals surface area (Å²) in [7, 11) is -4.16. The zero-order chi connectivity index (χ0) is 14.3. The molecule has 3 nitrogen and oxygen atoms in total. The van der Waals surface area contributed by atoms with Gasteiger partial charge in [0.2, 0.25) is 0 Å². The van der Waals surface area contributed by atoms with Gasteiger partial charge in [0.15, 0.2) is 0 Å². The zero-order valence-electron chi connectivity index (χ0n) is 11.2. The fraction of sp³-hybridized carbons (Fsp3) is 0.571. The standard InChI is InChI=1S/C14H21BrO3S/c1-2-3-4-5-6-7-9-12-10-8-11-13(15)14(12)19(16,17)18/h8,10-11H,2-7,9H2,1H3,(H,16,17,18). The molecule has 1 aromatic carbocycles. The highest BCUT2D eigenvalue weighted by molar-refractivity contribution is 9.10. The third-order valence-electron chi connectivity index (χ3n) is 3.11. The van der Waals surface area contributed by atoms with Crippen molar-refractivity contribution in [2.24, 2.45) is 0 Å². The highest BCUT2D eigenvalue weighted by Gasteiger charge is 2.18. The van der Waals surface area contributed by atoms with E-state index in [2.05, 4.69) is 22.9 Å². The Balaban J connectivity index is 2.62. The molecule has 0 unspecified atom stereocenters. The Morgan fingerprint density at radius 2 is 1.74 bits per heavy atom. The molecule has 19 heavy (non-hydrogen) atoms. The number of halogens is 1. The van der Waals surface area contributed by atoms with Crippen molar-refractivity contribution in [1.82, 2.24) is 0 Å². The largest absolute Gasteiger partial charge is 0.295 e. The first kappa shape index (κ1) is 16.7. The third-order valence-corrected chi connectivity index (χ3v) is 5.03. The summed E-state index contributed by atoms with van der Waals surface area (Å²) in [5, 5.41) is 0. The van der Waals surface area contributed by atoms with Gasteiger partial charge in [0.25, 0.3) is 10.1 Å². The molecule has 108 valence electrons. The SMILES string of the molecule is CCCCCCCCc1cccc(Br)c1S(=O)(=O)O. The van der Waals surface area contributed by atoms with Crippen LogP contribution in [-0.2, 0) is 16.5 Å². The number of rotatable bonds is 8. The number of hydrogen-bond acceptors (Lipinski definition) is 2. The number of aryl methyl sites for hydroxylation is 1. The fourth-order valence-corrected chi connectivity index (χ4v) is 3.97. The molecule has 0 aliphatic rings. The summed E-state index contributed by atoms with van der Waals surface area (Å²) in [6.45, 7) is 2.18. The van der Waals surface area contributed by atoms with Gasteiger partial charge in [-0.2, -0.15) is 8.42 Å². The average molecular weight is 349 g/mol. The minimum atomic E-state index is -4.16. The van der Waals surface area contributed by atoms with Crippen LogP contribution in [-0.4, -0.2) is 13.0 Å². The molecule has 0 radical (unpaired) electrons. The van der Waals surface area contributed by atoms with Gasteiger partial charge < -0.3 is 0 Å². The van der Waals surface area contributed by atoms with E-state index in [0.29, 0.717) is 16.5 Å². The lowest BCUT2D eigenvalue weighted by Crippen LogP contribution is -2.04. The number of hydrogen-bond donors (Lipinski definition) is 1. The second-order valence-electron chi connectivity index (χ2n) is 4.72. The molecular formula is C14H21BrO3S. The highest BCUT2D eigenvalue weighted by atomic mass is 79.9. The molecule has 1 N–H and O–H groups in total. The van der Waals surface area contributed by atoms with E-state index in [1.807, 2.05) is 0 Å². The van der Waals surface area contributed by atoms with Gasteiger partial charge in [-0.25, -0.2) is 0 Å².